The van der Waals surface area contributed by atoms with Gasteiger partial charge in [-0.1, -0.05) is 27.2 Å². The van der Waals surface area contributed by atoms with Crippen molar-refractivity contribution in [1.29, 1.82) is 0 Å². The fraction of sp³-hybridized carbons (Fsp3) is 0.769. The van der Waals surface area contributed by atoms with Crippen molar-refractivity contribution in [3.8, 4) is 0 Å². The minimum Gasteiger partial charge on any atom is -0.393 e. The van der Waals surface area contributed by atoms with Crippen LogP contribution >= 0.6 is 0 Å². The molecule has 2 aromatic rings. The van der Waals surface area contributed by atoms with E-state index in [0.717, 1.165) is 56.0 Å². The molecule has 0 spiro atoms. The summed E-state index contributed by atoms with van der Waals surface area (Å²) < 4.78 is 2.42. The molecule has 2 fully saturated rings. The topological polar surface area (TPSA) is 66.2 Å². The lowest BCUT2D eigenvalue weighted by molar-refractivity contribution is 0.111. The Morgan fingerprint density at radius 2 is 1.81 bits per heavy atom. The van der Waals surface area contributed by atoms with Crippen molar-refractivity contribution in [3.05, 3.63) is 18.0 Å². The van der Waals surface area contributed by atoms with E-state index in [1.54, 1.807) is 0 Å². The molecule has 178 valence electrons. The molecule has 0 amide bonds. The molecule has 1 aliphatic heterocycles. The molecular formula is C26H43N5O. The molecule has 0 aromatic carbocycles. The normalized spacial score (nSPS) is 24.3. The van der Waals surface area contributed by atoms with Gasteiger partial charge in [-0.25, -0.2) is 4.98 Å². The predicted molar refractivity (Wildman–Crippen MR) is 132 cm³/mol. The maximum atomic E-state index is 10.0. The number of likely N-dealkylation sites (tertiary alicyclic amines) is 1. The fourth-order valence-corrected chi connectivity index (χ4v) is 5.73. The first-order chi connectivity index (χ1) is 15.4. The third kappa shape index (κ3) is 5.45. The van der Waals surface area contributed by atoms with E-state index in [4.69, 9.17) is 9.97 Å². The summed E-state index contributed by atoms with van der Waals surface area (Å²) in [7, 11) is 0. The number of aliphatic hydroxyl groups excluding tert-OH is 1. The van der Waals surface area contributed by atoms with Crippen LogP contribution in [-0.2, 0) is 0 Å². The van der Waals surface area contributed by atoms with E-state index in [1.165, 1.54) is 43.4 Å². The molecule has 2 aromatic heterocycles. The van der Waals surface area contributed by atoms with Crippen LogP contribution < -0.4 is 5.32 Å². The summed E-state index contributed by atoms with van der Waals surface area (Å²) >= 11 is 0. The molecule has 1 saturated heterocycles. The molecule has 3 heterocycles. The minimum absolute atomic E-state index is 0.139. The molecule has 6 nitrogen and oxygen atoms in total. The number of nitrogens with one attached hydrogen (secondary N) is 1. The standard InChI is InChI=1S/C26H43N5O/c1-5-6-19(4)28-26-27-15-23-24(20-11-13-30(14-12-20)16-18(2)3)17-31(25(23)29-26)21-7-9-22(32)10-8-21/h15,17-22,32H,5-14,16H2,1-4H3,(H,27,28,29)/t19-,21?,22?/m0/s1. The number of rotatable bonds is 8. The van der Waals surface area contributed by atoms with Gasteiger partial charge in [0.15, 0.2) is 0 Å². The molecule has 6 heteroatoms. The molecule has 2 N–H and O–H groups in total. The van der Waals surface area contributed by atoms with Crippen molar-refractivity contribution in [1.82, 2.24) is 19.4 Å². The summed E-state index contributed by atoms with van der Waals surface area (Å²) in [5.41, 5.74) is 2.51. The lowest BCUT2D eigenvalue weighted by Gasteiger charge is -2.33. The van der Waals surface area contributed by atoms with Crippen LogP contribution in [0.4, 0.5) is 5.95 Å². The molecule has 2 aliphatic rings. The first-order valence-electron chi connectivity index (χ1n) is 13.0. The second kappa shape index (κ2) is 10.5. The van der Waals surface area contributed by atoms with Crippen LogP contribution in [0.2, 0.25) is 0 Å². The van der Waals surface area contributed by atoms with Crippen LogP contribution in [0.25, 0.3) is 11.0 Å². The van der Waals surface area contributed by atoms with Gasteiger partial charge in [0.25, 0.3) is 0 Å². The van der Waals surface area contributed by atoms with Gasteiger partial charge < -0.3 is 19.9 Å². The van der Waals surface area contributed by atoms with Crippen molar-refractivity contribution >= 4 is 17.0 Å². The van der Waals surface area contributed by atoms with Crippen molar-refractivity contribution in [2.75, 3.05) is 25.0 Å². The average molecular weight is 442 g/mol. The number of aliphatic hydroxyl groups is 1. The molecule has 0 bridgehead atoms. The average Bonchev–Trinajstić information content (AvgIpc) is 3.13. The lowest BCUT2D eigenvalue weighted by Crippen LogP contribution is -2.35. The van der Waals surface area contributed by atoms with Gasteiger partial charge >= 0.3 is 0 Å². The smallest absolute Gasteiger partial charge is 0.224 e. The second-order valence-corrected chi connectivity index (χ2v) is 10.7. The predicted octanol–water partition coefficient (Wildman–Crippen LogP) is 5.34. The van der Waals surface area contributed by atoms with Gasteiger partial charge in [0.2, 0.25) is 5.95 Å². The number of hydrogen-bond donors (Lipinski definition) is 2. The summed E-state index contributed by atoms with van der Waals surface area (Å²) in [6.07, 6.45) is 12.8. The number of piperidine rings is 1. The van der Waals surface area contributed by atoms with Crippen molar-refractivity contribution < 1.29 is 5.11 Å². The Morgan fingerprint density at radius 1 is 1.09 bits per heavy atom. The summed E-state index contributed by atoms with van der Waals surface area (Å²) in [5.74, 6) is 2.05. The zero-order valence-electron chi connectivity index (χ0n) is 20.6. The maximum absolute atomic E-state index is 10.0. The van der Waals surface area contributed by atoms with E-state index in [9.17, 15) is 5.11 Å². The van der Waals surface area contributed by atoms with Gasteiger partial charge in [-0.15, -0.1) is 0 Å². The summed E-state index contributed by atoms with van der Waals surface area (Å²) in [5, 5.41) is 14.8. The third-order valence-corrected chi connectivity index (χ3v) is 7.41. The van der Waals surface area contributed by atoms with E-state index >= 15 is 0 Å². The fourth-order valence-electron chi connectivity index (χ4n) is 5.73. The number of anilines is 1. The quantitative estimate of drug-likeness (QED) is 0.578. The number of nitrogens with zero attached hydrogens (tertiary/aromatic N) is 4. The number of aromatic nitrogens is 3. The van der Waals surface area contributed by atoms with E-state index in [-0.39, 0.29) is 6.10 Å². The maximum Gasteiger partial charge on any atom is 0.224 e. The van der Waals surface area contributed by atoms with Crippen LogP contribution in [0, 0.1) is 5.92 Å². The summed E-state index contributed by atoms with van der Waals surface area (Å²) in [6, 6.07) is 0.793. The van der Waals surface area contributed by atoms with Crippen LogP contribution in [0.1, 0.15) is 96.6 Å². The molecular weight excluding hydrogens is 398 g/mol. The first-order valence-corrected chi connectivity index (χ1v) is 13.0. The number of hydrogen-bond acceptors (Lipinski definition) is 5. The van der Waals surface area contributed by atoms with Crippen molar-refractivity contribution in [3.63, 3.8) is 0 Å². The van der Waals surface area contributed by atoms with Gasteiger partial charge in [0.05, 0.1) is 6.10 Å². The summed E-state index contributed by atoms with van der Waals surface area (Å²) in [6.45, 7) is 12.6. The molecule has 1 atom stereocenters. The Bertz CT molecular complexity index is 862. The molecule has 4 rings (SSSR count). The van der Waals surface area contributed by atoms with Gasteiger partial charge in [-0.3, -0.25) is 0 Å². The Balaban J connectivity index is 1.61. The first kappa shape index (κ1) is 23.5. The number of fused-ring (bicyclic) bond motifs is 1. The molecule has 1 aliphatic carbocycles. The van der Waals surface area contributed by atoms with E-state index in [1.807, 2.05) is 0 Å². The highest BCUT2D eigenvalue weighted by molar-refractivity contribution is 5.81. The van der Waals surface area contributed by atoms with Crippen LogP contribution in [-0.4, -0.2) is 56.3 Å². The Hall–Kier alpha value is -1.66. The van der Waals surface area contributed by atoms with Crippen LogP contribution in [0.3, 0.4) is 0 Å². The molecule has 0 unspecified atom stereocenters. The minimum atomic E-state index is -0.139. The van der Waals surface area contributed by atoms with Gasteiger partial charge in [-0.2, -0.15) is 4.98 Å². The van der Waals surface area contributed by atoms with Crippen molar-refractivity contribution in [2.24, 2.45) is 5.92 Å². The Morgan fingerprint density at radius 3 is 2.47 bits per heavy atom. The Labute approximate surface area is 193 Å². The third-order valence-electron chi connectivity index (χ3n) is 7.41. The Kier molecular flexibility index (Phi) is 7.72. The molecule has 0 radical (unpaired) electrons. The van der Waals surface area contributed by atoms with Gasteiger partial charge in [0, 0.05) is 36.4 Å². The zero-order chi connectivity index (χ0) is 22.7. The van der Waals surface area contributed by atoms with E-state index < -0.39 is 0 Å². The van der Waals surface area contributed by atoms with Crippen LogP contribution in [0.5, 0.6) is 0 Å². The second-order valence-electron chi connectivity index (χ2n) is 10.7. The van der Waals surface area contributed by atoms with Crippen molar-refractivity contribution in [2.45, 2.75) is 103 Å². The monoisotopic (exact) mass is 441 g/mol. The highest BCUT2D eigenvalue weighted by Gasteiger charge is 2.28. The van der Waals surface area contributed by atoms with E-state index in [2.05, 4.69) is 54.9 Å². The lowest BCUT2D eigenvalue weighted by atomic mass is 9.89. The summed E-state index contributed by atoms with van der Waals surface area (Å²) in [4.78, 5) is 12.4. The van der Waals surface area contributed by atoms with E-state index in [0.29, 0.717) is 18.0 Å². The molecule has 32 heavy (non-hydrogen) atoms. The SMILES string of the molecule is CCC[C@H](C)Nc1ncc2c(C3CCN(CC(C)C)CC3)cn(C3CCC(O)CC3)c2n1. The zero-order valence-corrected chi connectivity index (χ0v) is 20.6. The largest absolute Gasteiger partial charge is 0.393 e. The highest BCUT2D eigenvalue weighted by Crippen LogP contribution is 2.38. The van der Waals surface area contributed by atoms with Gasteiger partial charge in [0.1, 0.15) is 5.65 Å². The van der Waals surface area contributed by atoms with Gasteiger partial charge in [-0.05, 0) is 82.4 Å². The molecule has 1 saturated carbocycles. The van der Waals surface area contributed by atoms with Crippen LogP contribution in [0.15, 0.2) is 12.4 Å². The highest BCUT2D eigenvalue weighted by atomic mass is 16.3.